The van der Waals surface area contributed by atoms with Crippen LogP contribution in [-0.4, -0.2) is 23.8 Å². The zero-order chi connectivity index (χ0) is 16.3. The number of fused-ring (bicyclic) bond motifs is 1. The number of rotatable bonds is 1. The molecule has 1 heterocycles. The lowest BCUT2D eigenvalue weighted by atomic mass is 9.58. The molecule has 1 aliphatic carbocycles. The molecule has 0 bridgehead atoms. The summed E-state index contributed by atoms with van der Waals surface area (Å²) in [6.07, 6.45) is 2.33. The number of hydroxylamine groups is 2. The van der Waals surface area contributed by atoms with Crippen molar-refractivity contribution < 1.29 is 4.84 Å². The molecular weight excluding hydrogens is 294 g/mol. The van der Waals surface area contributed by atoms with Gasteiger partial charge in [-0.2, -0.15) is 5.06 Å². The average molecular weight is 322 g/mol. The minimum atomic E-state index is -0.0954. The predicted molar refractivity (Wildman–Crippen MR) is 92.1 cm³/mol. The zero-order valence-electron chi connectivity index (χ0n) is 14.6. The number of nitrogens with zero attached hydrogens (tertiary/aromatic N) is 1. The highest BCUT2D eigenvalue weighted by molar-refractivity contribution is 6.30. The smallest absolute Gasteiger partial charge is 0.0887 e. The summed E-state index contributed by atoms with van der Waals surface area (Å²) in [5, 5.41) is 2.95. The van der Waals surface area contributed by atoms with Gasteiger partial charge in [0.15, 0.2) is 0 Å². The van der Waals surface area contributed by atoms with Gasteiger partial charge >= 0.3 is 0 Å². The van der Waals surface area contributed by atoms with Crippen molar-refractivity contribution in [1.29, 1.82) is 0 Å². The molecule has 3 heteroatoms. The van der Waals surface area contributed by atoms with Crippen molar-refractivity contribution in [1.82, 2.24) is 5.06 Å². The van der Waals surface area contributed by atoms with E-state index in [-0.39, 0.29) is 11.0 Å². The van der Waals surface area contributed by atoms with Gasteiger partial charge in [0.05, 0.1) is 5.60 Å². The third kappa shape index (κ3) is 2.50. The molecule has 3 rings (SSSR count). The van der Waals surface area contributed by atoms with E-state index in [0.717, 1.165) is 11.4 Å². The van der Waals surface area contributed by atoms with E-state index in [1.54, 1.807) is 0 Å². The van der Waals surface area contributed by atoms with E-state index in [1.165, 1.54) is 17.5 Å². The monoisotopic (exact) mass is 321 g/mol. The highest BCUT2D eigenvalue weighted by Crippen LogP contribution is 2.53. The lowest BCUT2D eigenvalue weighted by Crippen LogP contribution is -2.48. The van der Waals surface area contributed by atoms with Crippen molar-refractivity contribution in [3.8, 4) is 0 Å². The second-order valence-electron chi connectivity index (χ2n) is 8.24. The third-order valence-electron chi connectivity index (χ3n) is 5.98. The topological polar surface area (TPSA) is 12.5 Å². The second kappa shape index (κ2) is 5.22. The molecular formula is C19H28ClNO. The van der Waals surface area contributed by atoms with Gasteiger partial charge in [0.2, 0.25) is 0 Å². The van der Waals surface area contributed by atoms with Crippen molar-refractivity contribution in [2.75, 3.05) is 7.05 Å². The number of halogens is 1. The Balaban J connectivity index is 2.01. The minimum Gasteiger partial charge on any atom is -0.293 e. The molecule has 0 radical (unpaired) electrons. The summed E-state index contributed by atoms with van der Waals surface area (Å²) in [5.74, 6) is 1.15. The van der Waals surface area contributed by atoms with Crippen molar-refractivity contribution in [2.45, 2.75) is 64.5 Å². The fraction of sp³-hybridized carbons (Fsp3) is 0.684. The molecule has 1 saturated heterocycles. The summed E-state index contributed by atoms with van der Waals surface area (Å²) in [6, 6.07) is 6.84. The van der Waals surface area contributed by atoms with Gasteiger partial charge in [-0.25, -0.2) is 0 Å². The maximum atomic E-state index is 6.29. The fourth-order valence-corrected chi connectivity index (χ4v) is 5.32. The van der Waals surface area contributed by atoms with Gasteiger partial charge in [0.25, 0.3) is 0 Å². The molecule has 2 fully saturated rings. The summed E-state index contributed by atoms with van der Waals surface area (Å²) >= 11 is 6.29. The van der Waals surface area contributed by atoms with Gasteiger partial charge in [-0.3, -0.25) is 4.84 Å². The Morgan fingerprint density at radius 2 is 1.91 bits per heavy atom. The molecule has 122 valence electrons. The van der Waals surface area contributed by atoms with Gasteiger partial charge in [-0.15, -0.1) is 0 Å². The van der Waals surface area contributed by atoms with Crippen LogP contribution in [0.2, 0.25) is 5.02 Å². The Bertz CT molecular complexity index is 585. The van der Waals surface area contributed by atoms with Crippen LogP contribution in [0.5, 0.6) is 0 Å². The zero-order valence-corrected chi connectivity index (χ0v) is 15.4. The van der Waals surface area contributed by atoms with Crippen LogP contribution in [0.25, 0.3) is 0 Å². The Morgan fingerprint density at radius 3 is 2.59 bits per heavy atom. The molecule has 2 aliphatic rings. The quantitative estimate of drug-likeness (QED) is 0.723. The summed E-state index contributed by atoms with van der Waals surface area (Å²) in [4.78, 5) is 6.16. The first-order chi connectivity index (χ1) is 10.1. The number of hydrogen-bond donors (Lipinski definition) is 0. The van der Waals surface area contributed by atoms with Crippen LogP contribution in [0, 0.1) is 18.8 Å². The van der Waals surface area contributed by atoms with Crippen LogP contribution in [0.4, 0.5) is 0 Å². The van der Waals surface area contributed by atoms with Crippen LogP contribution >= 0.6 is 11.6 Å². The maximum Gasteiger partial charge on any atom is 0.0887 e. The average Bonchev–Trinajstić information content (AvgIpc) is 2.62. The van der Waals surface area contributed by atoms with Gasteiger partial charge in [0.1, 0.15) is 0 Å². The minimum absolute atomic E-state index is 0.0954. The summed E-state index contributed by atoms with van der Waals surface area (Å²) < 4.78 is 0. The molecule has 2 nitrogen and oxygen atoms in total. The summed E-state index contributed by atoms with van der Waals surface area (Å²) in [6.45, 7) is 11.5. The van der Waals surface area contributed by atoms with Crippen molar-refractivity contribution in [3.05, 3.63) is 34.3 Å². The first-order valence-corrected chi connectivity index (χ1v) is 8.70. The molecule has 1 aromatic carbocycles. The summed E-state index contributed by atoms with van der Waals surface area (Å²) in [5.41, 5.74) is 2.83. The molecule has 22 heavy (non-hydrogen) atoms. The van der Waals surface area contributed by atoms with E-state index in [9.17, 15) is 0 Å². The fourth-order valence-electron chi connectivity index (χ4n) is 5.15. The highest BCUT2D eigenvalue weighted by Gasteiger charge is 2.55. The molecule has 0 spiro atoms. The Labute approximate surface area is 139 Å². The molecule has 1 saturated carbocycles. The molecule has 0 amide bonds. The highest BCUT2D eigenvalue weighted by atomic mass is 35.5. The van der Waals surface area contributed by atoms with E-state index < -0.39 is 0 Å². The van der Waals surface area contributed by atoms with E-state index in [2.05, 4.69) is 58.9 Å². The van der Waals surface area contributed by atoms with Crippen LogP contribution in [0.1, 0.15) is 51.7 Å². The molecule has 0 aromatic heterocycles. The largest absolute Gasteiger partial charge is 0.293 e. The third-order valence-corrected chi connectivity index (χ3v) is 6.22. The van der Waals surface area contributed by atoms with Crippen molar-refractivity contribution in [3.63, 3.8) is 0 Å². The molecule has 1 aliphatic heterocycles. The van der Waals surface area contributed by atoms with Crippen LogP contribution in [0.3, 0.4) is 0 Å². The van der Waals surface area contributed by atoms with E-state index in [4.69, 9.17) is 16.4 Å². The normalized spacial score (nSPS) is 38.0. The number of benzene rings is 1. The van der Waals surface area contributed by atoms with Gasteiger partial charge < -0.3 is 0 Å². The molecule has 0 N–H and O–H groups in total. The SMILES string of the molecule is Cc1ccc(Cl)cc1[C@@]1(C)C[C@@H]2[C@@H]([C@@H](C)C1)N(C)OC2(C)C. The number of hydrogen-bond acceptors (Lipinski definition) is 2. The molecule has 4 atom stereocenters. The van der Waals surface area contributed by atoms with E-state index >= 15 is 0 Å². The maximum absolute atomic E-state index is 6.29. The van der Waals surface area contributed by atoms with Crippen LogP contribution < -0.4 is 0 Å². The Hall–Kier alpha value is -0.570. The Kier molecular flexibility index (Phi) is 3.87. The van der Waals surface area contributed by atoms with Crippen molar-refractivity contribution >= 4 is 11.6 Å². The summed E-state index contributed by atoms with van der Waals surface area (Å²) in [7, 11) is 2.09. The van der Waals surface area contributed by atoms with E-state index in [1.807, 2.05) is 6.07 Å². The number of aryl methyl sites for hydroxylation is 1. The first-order valence-electron chi connectivity index (χ1n) is 8.33. The lowest BCUT2D eigenvalue weighted by Gasteiger charge is -2.47. The van der Waals surface area contributed by atoms with E-state index in [0.29, 0.717) is 17.9 Å². The van der Waals surface area contributed by atoms with Gasteiger partial charge in [-0.05, 0) is 68.2 Å². The molecule has 1 aromatic rings. The van der Waals surface area contributed by atoms with Crippen LogP contribution in [0.15, 0.2) is 18.2 Å². The first kappa shape index (κ1) is 16.3. The standard InChI is InChI=1S/C19H28ClNO/c1-12-7-8-14(20)9-15(12)19(5)10-13(2)17-16(11-19)18(3,4)22-21(17)6/h7-9,13,16-17H,10-11H2,1-6H3/t13-,16+,17+,19+/m0/s1. The van der Waals surface area contributed by atoms with Crippen molar-refractivity contribution in [2.24, 2.45) is 11.8 Å². The van der Waals surface area contributed by atoms with Crippen LogP contribution in [-0.2, 0) is 10.3 Å². The van der Waals surface area contributed by atoms with Gasteiger partial charge in [-0.1, -0.05) is 31.5 Å². The predicted octanol–water partition coefficient (Wildman–Crippen LogP) is 4.98. The Morgan fingerprint density at radius 1 is 1.23 bits per heavy atom. The molecule has 0 unspecified atom stereocenters. The second-order valence-corrected chi connectivity index (χ2v) is 8.68. The van der Waals surface area contributed by atoms with Gasteiger partial charge in [0, 0.05) is 24.0 Å². The lowest BCUT2D eigenvalue weighted by molar-refractivity contribution is -0.182.